The lowest BCUT2D eigenvalue weighted by Crippen LogP contribution is -2.17. The molecule has 0 radical (unpaired) electrons. The van der Waals surface area contributed by atoms with Gasteiger partial charge in [0.25, 0.3) is 5.56 Å². The van der Waals surface area contributed by atoms with Crippen molar-refractivity contribution >= 4 is 29.1 Å². The van der Waals surface area contributed by atoms with Crippen molar-refractivity contribution in [2.45, 2.75) is 19.3 Å². The van der Waals surface area contributed by atoms with Gasteiger partial charge < -0.3 is 9.47 Å². The molecule has 0 fully saturated rings. The molecule has 0 aliphatic carbocycles. The molecule has 0 atom stereocenters. The van der Waals surface area contributed by atoms with E-state index in [0.717, 1.165) is 5.56 Å². The molecule has 0 N–H and O–H groups in total. The molecule has 0 bridgehead atoms. The Morgan fingerprint density at radius 3 is 2.80 bits per heavy atom. The molecule has 0 unspecified atom stereocenters. The Morgan fingerprint density at radius 2 is 2.07 bits per heavy atom. The largest absolute Gasteiger partial charge is 0.490 e. The molecule has 0 spiro atoms. The van der Waals surface area contributed by atoms with Gasteiger partial charge in [0.15, 0.2) is 5.75 Å². The van der Waals surface area contributed by atoms with Crippen LogP contribution in [0.25, 0.3) is 5.65 Å². The number of methoxy groups -OCH3 is 1. The Morgan fingerprint density at radius 1 is 1.27 bits per heavy atom. The molecule has 0 aliphatic rings. The summed E-state index contributed by atoms with van der Waals surface area (Å²) in [6.07, 6.45) is 1.70. The lowest BCUT2D eigenvalue weighted by Gasteiger charge is -2.07. The molecule has 3 aromatic rings. The van der Waals surface area contributed by atoms with Gasteiger partial charge in [0, 0.05) is 24.1 Å². The summed E-state index contributed by atoms with van der Waals surface area (Å²) in [6.45, 7) is 1.77. The van der Waals surface area contributed by atoms with Crippen molar-refractivity contribution in [1.82, 2.24) is 9.38 Å². The normalized spacial score (nSPS) is 10.7. The highest BCUT2D eigenvalue weighted by Crippen LogP contribution is 2.29. The fourth-order valence-corrected chi connectivity index (χ4v) is 3.52. The summed E-state index contributed by atoms with van der Waals surface area (Å²) in [7, 11) is 1.37. The van der Waals surface area contributed by atoms with E-state index in [1.54, 1.807) is 18.3 Å². The molecule has 10 heteroatoms. The molecule has 9 nitrogen and oxygen atoms in total. The third kappa shape index (κ3) is 5.15. The molecule has 1 aromatic carbocycles. The molecule has 3 rings (SSSR count). The topological polar surface area (TPSA) is 113 Å². The van der Waals surface area contributed by atoms with Crippen LogP contribution in [-0.2, 0) is 21.9 Å². The summed E-state index contributed by atoms with van der Waals surface area (Å²) in [4.78, 5) is 39.0. The van der Waals surface area contributed by atoms with Gasteiger partial charge in [0.1, 0.15) is 12.3 Å². The van der Waals surface area contributed by atoms with Gasteiger partial charge in [-0.3, -0.25) is 24.1 Å². The number of aromatic nitrogens is 2. The molecule has 0 amide bonds. The number of nitrogens with zero attached hydrogens (tertiary/aromatic N) is 3. The summed E-state index contributed by atoms with van der Waals surface area (Å²) >= 11 is 1.27. The molecule has 2 heterocycles. The van der Waals surface area contributed by atoms with Crippen LogP contribution >= 0.6 is 11.8 Å². The number of rotatable bonds is 8. The third-order valence-corrected chi connectivity index (χ3v) is 5.15. The zero-order chi connectivity index (χ0) is 21.7. The lowest BCUT2D eigenvalue weighted by atomic mass is 10.2. The molecule has 0 aliphatic heterocycles. The first-order chi connectivity index (χ1) is 14.4. The minimum atomic E-state index is -0.512. The van der Waals surface area contributed by atoms with Crippen molar-refractivity contribution in [3.05, 3.63) is 79.9 Å². The quantitative estimate of drug-likeness (QED) is 0.305. The molecule has 2 aromatic heterocycles. The van der Waals surface area contributed by atoms with Crippen molar-refractivity contribution in [1.29, 1.82) is 0 Å². The van der Waals surface area contributed by atoms with Gasteiger partial charge in [0.2, 0.25) is 0 Å². The third-order valence-electron chi connectivity index (χ3n) is 4.17. The number of fused-ring (bicyclic) bond motifs is 1. The van der Waals surface area contributed by atoms with Crippen LogP contribution in [0, 0.1) is 17.0 Å². The highest BCUT2D eigenvalue weighted by Gasteiger charge is 2.15. The van der Waals surface area contributed by atoms with Crippen molar-refractivity contribution in [3.8, 4) is 5.75 Å². The molecular weight excluding hydrogens is 410 g/mol. The summed E-state index contributed by atoms with van der Waals surface area (Å²) < 4.78 is 11.6. The summed E-state index contributed by atoms with van der Waals surface area (Å²) in [5.74, 6) is 0.177. The average molecular weight is 429 g/mol. The van der Waals surface area contributed by atoms with Crippen LogP contribution in [-0.4, -0.2) is 33.1 Å². The van der Waals surface area contributed by atoms with Gasteiger partial charge in [-0.15, -0.1) is 11.8 Å². The Kier molecular flexibility index (Phi) is 6.68. The van der Waals surface area contributed by atoms with Crippen LogP contribution in [0.3, 0.4) is 0 Å². The van der Waals surface area contributed by atoms with Gasteiger partial charge in [0.05, 0.1) is 23.5 Å². The van der Waals surface area contributed by atoms with Gasteiger partial charge in [-0.1, -0.05) is 12.1 Å². The molecule has 0 saturated heterocycles. The number of nitro benzene ring substituents is 1. The molecular formula is C20H19N3O6S. The minimum Gasteiger partial charge on any atom is -0.490 e. The van der Waals surface area contributed by atoms with Crippen LogP contribution in [0.4, 0.5) is 5.69 Å². The number of thioether (sulfide) groups is 1. The Hall–Kier alpha value is -3.40. The number of esters is 1. The van der Waals surface area contributed by atoms with Crippen LogP contribution < -0.4 is 10.3 Å². The van der Waals surface area contributed by atoms with Crippen LogP contribution in [0.5, 0.6) is 5.75 Å². The number of nitro groups is 1. The predicted octanol–water partition coefficient (Wildman–Crippen LogP) is 2.90. The average Bonchev–Trinajstić information content (AvgIpc) is 2.72. The van der Waals surface area contributed by atoms with Gasteiger partial charge in [-0.25, -0.2) is 4.98 Å². The Bertz CT molecular complexity index is 1160. The summed E-state index contributed by atoms with van der Waals surface area (Å²) in [5.41, 5.74) is 2.11. The number of hydrogen-bond donors (Lipinski definition) is 0. The second kappa shape index (κ2) is 9.40. The minimum absolute atomic E-state index is 0.0611. The van der Waals surface area contributed by atoms with E-state index in [1.165, 1.54) is 41.5 Å². The van der Waals surface area contributed by atoms with E-state index in [0.29, 0.717) is 22.7 Å². The van der Waals surface area contributed by atoms with Crippen molar-refractivity contribution in [2.24, 2.45) is 0 Å². The first kappa shape index (κ1) is 21.3. The van der Waals surface area contributed by atoms with Crippen molar-refractivity contribution < 1.29 is 19.2 Å². The van der Waals surface area contributed by atoms with E-state index in [-0.39, 0.29) is 29.4 Å². The van der Waals surface area contributed by atoms with E-state index in [9.17, 15) is 19.7 Å². The number of carbonyl (C=O) groups excluding carboxylic acids is 1. The first-order valence-corrected chi connectivity index (χ1v) is 10.1. The lowest BCUT2D eigenvalue weighted by molar-refractivity contribution is -0.385. The maximum Gasteiger partial charge on any atom is 0.316 e. The second-order valence-electron chi connectivity index (χ2n) is 6.44. The van der Waals surface area contributed by atoms with Gasteiger partial charge >= 0.3 is 11.7 Å². The highest BCUT2D eigenvalue weighted by molar-refractivity contribution is 7.99. The highest BCUT2D eigenvalue weighted by atomic mass is 32.2. The Balaban J connectivity index is 1.54. The van der Waals surface area contributed by atoms with E-state index in [2.05, 4.69) is 4.98 Å². The number of ether oxygens (including phenoxy) is 2. The summed E-state index contributed by atoms with van der Waals surface area (Å²) in [6, 6.07) is 9.56. The number of benzene rings is 1. The number of hydrogen-bond acceptors (Lipinski definition) is 8. The predicted molar refractivity (Wildman–Crippen MR) is 112 cm³/mol. The van der Waals surface area contributed by atoms with E-state index in [1.807, 2.05) is 13.0 Å². The summed E-state index contributed by atoms with van der Waals surface area (Å²) in [5, 5.41) is 11.1. The maximum absolute atomic E-state index is 12.2. The van der Waals surface area contributed by atoms with E-state index >= 15 is 0 Å². The molecule has 0 saturated carbocycles. The number of carbonyl (C=O) groups is 1. The maximum atomic E-state index is 12.2. The standard InChI is InChI=1S/C20H19N3O6S/c1-13-3-6-18-21-15(8-19(24)22(18)9-13)10-29-20(25)12-30-11-14-4-5-17(28-2)16(7-14)23(26)27/h3-9H,10-12H2,1-2H3. The Labute approximate surface area is 175 Å². The number of pyridine rings is 1. The van der Waals surface area contributed by atoms with Crippen molar-refractivity contribution in [2.75, 3.05) is 12.9 Å². The van der Waals surface area contributed by atoms with Crippen molar-refractivity contribution in [3.63, 3.8) is 0 Å². The zero-order valence-electron chi connectivity index (χ0n) is 16.4. The molecule has 156 valence electrons. The van der Waals surface area contributed by atoms with E-state index in [4.69, 9.17) is 9.47 Å². The SMILES string of the molecule is COc1ccc(CSCC(=O)OCc2cc(=O)n3cc(C)ccc3n2)cc1[N+](=O)[O-]. The van der Waals surface area contributed by atoms with E-state index < -0.39 is 10.9 Å². The zero-order valence-corrected chi connectivity index (χ0v) is 17.2. The van der Waals surface area contributed by atoms with Gasteiger partial charge in [-0.05, 0) is 30.2 Å². The fourth-order valence-electron chi connectivity index (χ4n) is 2.75. The van der Waals surface area contributed by atoms with Gasteiger partial charge in [-0.2, -0.15) is 0 Å². The first-order valence-electron chi connectivity index (χ1n) is 8.91. The van der Waals surface area contributed by atoms with Crippen LogP contribution in [0.15, 0.2) is 47.4 Å². The smallest absolute Gasteiger partial charge is 0.316 e. The number of aryl methyl sites for hydroxylation is 1. The van der Waals surface area contributed by atoms with Crippen LogP contribution in [0.2, 0.25) is 0 Å². The fraction of sp³-hybridized carbons (Fsp3) is 0.250. The monoisotopic (exact) mass is 429 g/mol. The molecule has 30 heavy (non-hydrogen) atoms. The second-order valence-corrected chi connectivity index (χ2v) is 7.42. The van der Waals surface area contributed by atoms with Crippen LogP contribution in [0.1, 0.15) is 16.8 Å².